The van der Waals surface area contributed by atoms with Crippen LogP contribution in [-0.2, 0) is 9.59 Å². The molecule has 0 aliphatic heterocycles. The minimum Gasteiger partial charge on any atom is -0.507 e. The van der Waals surface area contributed by atoms with Crippen LogP contribution >= 0.6 is 0 Å². The highest BCUT2D eigenvalue weighted by atomic mass is 16.3. The molecule has 1 aromatic rings. The largest absolute Gasteiger partial charge is 0.507 e. The fourth-order valence-electron chi connectivity index (χ4n) is 6.94. The van der Waals surface area contributed by atoms with Crippen molar-refractivity contribution in [2.45, 2.75) is 79.6 Å². The summed E-state index contributed by atoms with van der Waals surface area (Å²) in [7, 11) is 0. The minimum atomic E-state index is -0.756. The summed E-state index contributed by atoms with van der Waals surface area (Å²) in [5.74, 6) is -2.13. The lowest BCUT2D eigenvalue weighted by atomic mass is 9.62. The van der Waals surface area contributed by atoms with Gasteiger partial charge in [0, 0.05) is 24.3 Å². The Labute approximate surface area is 206 Å². The van der Waals surface area contributed by atoms with E-state index in [0.29, 0.717) is 32.1 Å². The summed E-state index contributed by atoms with van der Waals surface area (Å²) in [6.45, 7) is 11.8. The van der Waals surface area contributed by atoms with Gasteiger partial charge in [0.1, 0.15) is 28.8 Å². The molecule has 0 saturated heterocycles. The average molecular weight is 487 g/mol. The van der Waals surface area contributed by atoms with Crippen LogP contribution in [0.3, 0.4) is 0 Å². The number of hydrogen-bond acceptors (Lipinski definition) is 7. The van der Waals surface area contributed by atoms with Gasteiger partial charge in [0.15, 0.2) is 12.6 Å². The van der Waals surface area contributed by atoms with E-state index in [1.165, 1.54) is 0 Å². The molecule has 0 unspecified atom stereocenters. The number of aldehydes is 2. The molecule has 7 nitrogen and oxygen atoms in total. The molecule has 0 amide bonds. The van der Waals surface area contributed by atoms with Crippen molar-refractivity contribution in [3.05, 3.63) is 16.7 Å². The number of hydrogen-bond donors (Lipinski definition) is 3. The van der Waals surface area contributed by atoms with Crippen molar-refractivity contribution in [2.75, 3.05) is 0 Å². The molecule has 0 heterocycles. The van der Waals surface area contributed by atoms with E-state index < -0.39 is 39.7 Å². The molecule has 7 heteroatoms. The first-order chi connectivity index (χ1) is 16.2. The third kappa shape index (κ3) is 4.38. The molecule has 2 saturated carbocycles. The Kier molecular flexibility index (Phi) is 7.22. The third-order valence-electron chi connectivity index (χ3n) is 8.89. The summed E-state index contributed by atoms with van der Waals surface area (Å²) in [6.07, 6.45) is 3.11. The predicted molar refractivity (Wildman–Crippen MR) is 131 cm³/mol. The molecule has 0 spiro atoms. The summed E-state index contributed by atoms with van der Waals surface area (Å²) in [4.78, 5) is 48.5. The maximum Gasteiger partial charge on any atom is 0.157 e. The van der Waals surface area contributed by atoms with E-state index in [1.807, 2.05) is 20.8 Å². The number of benzene rings is 1. The number of ketones is 2. The highest BCUT2D eigenvalue weighted by Gasteiger charge is 2.67. The van der Waals surface area contributed by atoms with Crippen LogP contribution in [0.4, 0.5) is 0 Å². The van der Waals surface area contributed by atoms with Gasteiger partial charge >= 0.3 is 0 Å². The molecule has 0 bridgehead atoms. The van der Waals surface area contributed by atoms with Crippen molar-refractivity contribution in [2.24, 2.45) is 34.5 Å². The number of aromatic hydroxyl groups is 3. The van der Waals surface area contributed by atoms with Crippen molar-refractivity contribution in [3.8, 4) is 17.2 Å². The second-order valence-electron chi connectivity index (χ2n) is 11.8. The van der Waals surface area contributed by atoms with Crippen LogP contribution in [-0.4, -0.2) is 39.5 Å². The van der Waals surface area contributed by atoms with Crippen LogP contribution < -0.4 is 0 Å². The Bertz CT molecular complexity index is 1020. The Hall–Kier alpha value is -2.70. The molecule has 0 radical (unpaired) electrons. The molecular formula is C28H38O7. The summed E-state index contributed by atoms with van der Waals surface area (Å²) in [5.41, 5.74) is -1.64. The third-order valence-corrected chi connectivity index (χ3v) is 8.89. The smallest absolute Gasteiger partial charge is 0.157 e. The van der Waals surface area contributed by atoms with E-state index in [2.05, 4.69) is 13.8 Å². The summed E-state index contributed by atoms with van der Waals surface area (Å²) >= 11 is 0. The minimum absolute atomic E-state index is 0.0432. The fourth-order valence-corrected chi connectivity index (χ4v) is 6.94. The number of rotatable bonds is 10. The van der Waals surface area contributed by atoms with Gasteiger partial charge in [0.25, 0.3) is 0 Å². The normalized spacial score (nSPS) is 28.2. The van der Waals surface area contributed by atoms with Gasteiger partial charge in [-0.15, -0.1) is 0 Å². The Morgan fingerprint density at radius 1 is 1.03 bits per heavy atom. The lowest BCUT2D eigenvalue weighted by molar-refractivity contribution is -0.123. The van der Waals surface area contributed by atoms with Gasteiger partial charge in [-0.2, -0.15) is 0 Å². The van der Waals surface area contributed by atoms with E-state index in [9.17, 15) is 34.5 Å². The van der Waals surface area contributed by atoms with Crippen LogP contribution in [0.15, 0.2) is 0 Å². The molecule has 3 rings (SSSR count). The molecule has 2 aliphatic rings. The van der Waals surface area contributed by atoms with Gasteiger partial charge in [-0.3, -0.25) is 14.4 Å². The molecule has 2 aliphatic carbocycles. The first kappa shape index (κ1) is 26.9. The summed E-state index contributed by atoms with van der Waals surface area (Å²) in [5, 5.41) is 32.4. The maximum absolute atomic E-state index is 13.4. The lowest BCUT2D eigenvalue weighted by Crippen LogP contribution is -2.36. The SMILES string of the molecule is CC(=O)CC[C@H]1[C@@H]([C@@H]2C(=O)CC[C@@]2(C)[C@@H](CC(C)C)c2c(O)c(C=O)c(O)c(C=O)c2O)C1(C)C. The maximum atomic E-state index is 13.4. The summed E-state index contributed by atoms with van der Waals surface area (Å²) in [6, 6.07) is 0. The van der Waals surface area contributed by atoms with Crippen LogP contribution in [0, 0.1) is 34.5 Å². The van der Waals surface area contributed by atoms with Gasteiger partial charge in [-0.25, -0.2) is 0 Å². The fraction of sp³-hybridized carbons (Fsp3) is 0.643. The van der Waals surface area contributed by atoms with Crippen molar-refractivity contribution >= 4 is 24.1 Å². The molecule has 5 atom stereocenters. The second-order valence-corrected chi connectivity index (χ2v) is 11.8. The first-order valence-corrected chi connectivity index (χ1v) is 12.5. The Morgan fingerprint density at radius 3 is 2.03 bits per heavy atom. The van der Waals surface area contributed by atoms with Gasteiger partial charge in [0.2, 0.25) is 0 Å². The topological polar surface area (TPSA) is 129 Å². The van der Waals surface area contributed by atoms with Crippen LogP contribution in [0.2, 0.25) is 0 Å². The molecule has 0 aromatic heterocycles. The molecule has 192 valence electrons. The zero-order valence-electron chi connectivity index (χ0n) is 21.6. The summed E-state index contributed by atoms with van der Waals surface area (Å²) < 4.78 is 0. The van der Waals surface area contributed by atoms with E-state index >= 15 is 0 Å². The van der Waals surface area contributed by atoms with Crippen LogP contribution in [0.25, 0.3) is 0 Å². The Balaban J connectivity index is 2.18. The van der Waals surface area contributed by atoms with Gasteiger partial charge in [0.05, 0.1) is 11.1 Å². The van der Waals surface area contributed by atoms with Crippen molar-refractivity contribution in [1.82, 2.24) is 0 Å². The molecule has 3 N–H and O–H groups in total. The van der Waals surface area contributed by atoms with Crippen LogP contribution in [0.1, 0.15) is 106 Å². The molecule has 2 fully saturated rings. The first-order valence-electron chi connectivity index (χ1n) is 12.5. The van der Waals surface area contributed by atoms with Crippen LogP contribution in [0.5, 0.6) is 17.2 Å². The number of phenolic OH excluding ortho intramolecular Hbond substituents is 3. The number of Topliss-reactive ketones (excluding diaryl/α,β-unsaturated/α-hetero) is 2. The predicted octanol–water partition coefficient (Wildman–Crippen LogP) is 5.18. The second kappa shape index (κ2) is 9.40. The van der Waals surface area contributed by atoms with Gasteiger partial charge < -0.3 is 20.1 Å². The van der Waals surface area contributed by atoms with E-state index in [0.717, 1.165) is 0 Å². The molecule has 1 aromatic carbocycles. The lowest BCUT2D eigenvalue weighted by Gasteiger charge is -2.41. The van der Waals surface area contributed by atoms with Crippen molar-refractivity contribution < 1.29 is 34.5 Å². The number of carbonyl (C=O) groups is 4. The zero-order chi connectivity index (χ0) is 26.5. The monoisotopic (exact) mass is 486 g/mol. The van der Waals surface area contributed by atoms with Gasteiger partial charge in [-0.05, 0) is 60.7 Å². The van der Waals surface area contributed by atoms with E-state index in [-0.39, 0.29) is 58.8 Å². The van der Waals surface area contributed by atoms with E-state index in [4.69, 9.17) is 0 Å². The van der Waals surface area contributed by atoms with Crippen molar-refractivity contribution in [1.29, 1.82) is 0 Å². The number of carbonyl (C=O) groups excluding carboxylic acids is 4. The molecule has 35 heavy (non-hydrogen) atoms. The zero-order valence-corrected chi connectivity index (χ0v) is 21.6. The molecular weight excluding hydrogens is 448 g/mol. The van der Waals surface area contributed by atoms with Crippen molar-refractivity contribution in [3.63, 3.8) is 0 Å². The van der Waals surface area contributed by atoms with E-state index in [1.54, 1.807) is 6.92 Å². The standard InChI is InChI=1S/C28H38O7/c1-14(2)11-19(21-25(34)16(12-29)24(33)17(13-30)26(21)35)28(6)10-9-20(32)23(28)22-18(27(22,4)5)8-7-15(3)31/h12-14,18-19,22-23,33-35H,7-11H2,1-6H3/t18-,19-,22-,23-,28-/m0/s1. The highest BCUT2D eigenvalue weighted by molar-refractivity contribution is 5.95. The van der Waals surface area contributed by atoms with Gasteiger partial charge in [-0.1, -0.05) is 34.6 Å². The highest BCUT2D eigenvalue weighted by Crippen LogP contribution is 2.71. The quantitative estimate of drug-likeness (QED) is 0.388. The number of phenols is 3. The average Bonchev–Trinajstić information content (AvgIpc) is 3.14. The Morgan fingerprint density at radius 2 is 1.57 bits per heavy atom.